The number of aromatic nitrogens is 5. The van der Waals surface area contributed by atoms with Crippen LogP contribution >= 0.6 is 0 Å². The summed E-state index contributed by atoms with van der Waals surface area (Å²) in [6, 6.07) is 5.92. The van der Waals surface area contributed by atoms with Gasteiger partial charge in [0, 0.05) is 32.8 Å². The highest BCUT2D eigenvalue weighted by Crippen LogP contribution is 2.27. The minimum Gasteiger partial charge on any atom is -0.370 e. The third-order valence-corrected chi connectivity index (χ3v) is 4.96. The Balaban J connectivity index is 1.53. The molecule has 27 heavy (non-hydrogen) atoms. The van der Waals surface area contributed by atoms with Crippen LogP contribution in [0.1, 0.15) is 37.7 Å². The summed E-state index contributed by atoms with van der Waals surface area (Å²) >= 11 is 0. The average Bonchev–Trinajstić information content (AvgIpc) is 3.08. The maximum Gasteiger partial charge on any atom is 0.163 e. The first kappa shape index (κ1) is 17.9. The van der Waals surface area contributed by atoms with Gasteiger partial charge in [-0.15, -0.1) is 0 Å². The van der Waals surface area contributed by atoms with Crippen molar-refractivity contribution < 1.29 is 4.74 Å². The molecule has 0 spiro atoms. The van der Waals surface area contributed by atoms with Gasteiger partial charge < -0.3 is 9.64 Å². The molecule has 0 bridgehead atoms. The first-order chi connectivity index (χ1) is 13.2. The fourth-order valence-electron chi connectivity index (χ4n) is 3.58. The fourth-order valence-corrected chi connectivity index (χ4v) is 3.58. The van der Waals surface area contributed by atoms with E-state index in [1.165, 1.54) is 0 Å². The second-order valence-corrected chi connectivity index (χ2v) is 7.06. The topological polar surface area (TPSA) is 69.0 Å². The number of anilines is 1. The van der Waals surface area contributed by atoms with E-state index in [0.29, 0.717) is 6.61 Å². The summed E-state index contributed by atoms with van der Waals surface area (Å²) in [5.41, 5.74) is 1.87. The minimum absolute atomic E-state index is 0.178. The van der Waals surface area contributed by atoms with Crippen LogP contribution in [-0.4, -0.2) is 43.9 Å². The van der Waals surface area contributed by atoms with E-state index in [0.717, 1.165) is 67.1 Å². The normalized spacial score (nSPS) is 17.6. The largest absolute Gasteiger partial charge is 0.370 e. The third kappa shape index (κ3) is 3.93. The van der Waals surface area contributed by atoms with Crippen molar-refractivity contribution in [3.63, 3.8) is 0 Å². The zero-order valence-corrected chi connectivity index (χ0v) is 16.0. The van der Waals surface area contributed by atoms with Crippen LogP contribution < -0.4 is 4.90 Å². The molecule has 0 unspecified atom stereocenters. The predicted octanol–water partition coefficient (Wildman–Crippen LogP) is 2.90. The van der Waals surface area contributed by atoms with Crippen molar-refractivity contribution >= 4 is 16.9 Å². The Morgan fingerprint density at radius 3 is 3.00 bits per heavy atom. The van der Waals surface area contributed by atoms with E-state index in [1.54, 1.807) is 6.20 Å². The van der Waals surface area contributed by atoms with Crippen LogP contribution in [0.15, 0.2) is 30.6 Å². The van der Waals surface area contributed by atoms with Gasteiger partial charge in [-0.1, -0.05) is 13.0 Å². The molecule has 4 heterocycles. The van der Waals surface area contributed by atoms with Gasteiger partial charge in [0.05, 0.1) is 30.0 Å². The van der Waals surface area contributed by atoms with Crippen molar-refractivity contribution in [3.8, 4) is 0 Å². The van der Waals surface area contributed by atoms with Gasteiger partial charge in [0.25, 0.3) is 0 Å². The van der Waals surface area contributed by atoms with Gasteiger partial charge in [-0.05, 0) is 31.4 Å². The number of piperidine rings is 1. The highest BCUT2D eigenvalue weighted by molar-refractivity contribution is 5.87. The van der Waals surface area contributed by atoms with E-state index in [2.05, 4.69) is 21.9 Å². The summed E-state index contributed by atoms with van der Waals surface area (Å²) in [7, 11) is 1.93. The Kier molecular flexibility index (Phi) is 5.29. The second kappa shape index (κ2) is 8.00. The first-order valence-electron chi connectivity index (χ1n) is 9.69. The summed E-state index contributed by atoms with van der Waals surface area (Å²) < 4.78 is 7.98. The molecule has 1 fully saturated rings. The first-order valence-corrected chi connectivity index (χ1v) is 9.69. The van der Waals surface area contributed by atoms with Gasteiger partial charge in [-0.3, -0.25) is 9.67 Å². The van der Waals surface area contributed by atoms with Gasteiger partial charge >= 0.3 is 0 Å². The van der Waals surface area contributed by atoms with Crippen molar-refractivity contribution in [2.24, 2.45) is 7.05 Å². The third-order valence-electron chi connectivity index (χ3n) is 4.96. The summed E-state index contributed by atoms with van der Waals surface area (Å²) in [4.78, 5) is 16.2. The highest BCUT2D eigenvalue weighted by atomic mass is 16.5. The van der Waals surface area contributed by atoms with Crippen LogP contribution in [0, 0.1) is 0 Å². The van der Waals surface area contributed by atoms with E-state index < -0.39 is 0 Å². The monoisotopic (exact) mass is 366 g/mol. The molecule has 7 nitrogen and oxygen atoms in total. The van der Waals surface area contributed by atoms with Crippen LogP contribution in [0.2, 0.25) is 0 Å². The fraction of sp³-hybridized carbons (Fsp3) is 0.500. The molecular weight excluding hydrogens is 340 g/mol. The van der Waals surface area contributed by atoms with Crippen molar-refractivity contribution in [1.82, 2.24) is 24.7 Å². The van der Waals surface area contributed by atoms with Crippen LogP contribution in [0.3, 0.4) is 0 Å². The molecule has 1 atom stereocenters. The molecule has 3 aromatic heterocycles. The van der Waals surface area contributed by atoms with E-state index in [9.17, 15) is 0 Å². The standard InChI is InChI=1S/C20H26N6O/c1-3-7-18-23-19-17(12-22-25(19)2)20(24-18)26-11-6-9-16(13-26)27-14-15-8-4-5-10-21-15/h4-5,8,10,12,16H,3,6-7,9,11,13-14H2,1-2H3/t16-/m0/s1. The van der Waals surface area contributed by atoms with Crippen LogP contribution in [0.25, 0.3) is 11.0 Å². The minimum atomic E-state index is 0.178. The zero-order valence-electron chi connectivity index (χ0n) is 16.0. The number of pyridine rings is 1. The van der Waals surface area contributed by atoms with Gasteiger partial charge in [0.1, 0.15) is 11.6 Å². The number of nitrogens with zero attached hydrogens (tertiary/aromatic N) is 6. The Hall–Kier alpha value is -2.54. The van der Waals surface area contributed by atoms with Crippen molar-refractivity contribution in [3.05, 3.63) is 42.1 Å². The molecule has 0 saturated carbocycles. The summed E-state index contributed by atoms with van der Waals surface area (Å²) in [6.07, 6.45) is 7.91. The molecular formula is C20H26N6O. The maximum absolute atomic E-state index is 6.15. The molecule has 0 radical (unpaired) electrons. The molecule has 7 heteroatoms. The van der Waals surface area contributed by atoms with Gasteiger partial charge in [-0.25, -0.2) is 9.97 Å². The quantitative estimate of drug-likeness (QED) is 0.668. The summed E-state index contributed by atoms with van der Waals surface area (Å²) in [5.74, 6) is 1.88. The predicted molar refractivity (Wildman–Crippen MR) is 105 cm³/mol. The zero-order chi connectivity index (χ0) is 18.6. The van der Waals surface area contributed by atoms with Crippen molar-refractivity contribution in [2.45, 2.75) is 45.3 Å². The SMILES string of the molecule is CCCc1nc(N2CCC[C@H](OCc3ccccn3)C2)c2cnn(C)c2n1. The lowest BCUT2D eigenvalue weighted by Gasteiger charge is -2.33. The van der Waals surface area contributed by atoms with Crippen LogP contribution in [0.5, 0.6) is 0 Å². The Bertz CT molecular complexity index is 894. The van der Waals surface area contributed by atoms with Gasteiger partial charge in [0.2, 0.25) is 0 Å². The van der Waals surface area contributed by atoms with Gasteiger partial charge in [-0.2, -0.15) is 5.10 Å². The lowest BCUT2D eigenvalue weighted by atomic mass is 10.1. The molecule has 0 aromatic carbocycles. The van der Waals surface area contributed by atoms with E-state index in [1.807, 2.05) is 36.1 Å². The second-order valence-electron chi connectivity index (χ2n) is 7.06. The molecule has 0 N–H and O–H groups in total. The summed E-state index contributed by atoms with van der Waals surface area (Å²) in [5, 5.41) is 5.41. The molecule has 4 rings (SSSR count). The van der Waals surface area contributed by atoms with E-state index in [4.69, 9.17) is 14.7 Å². The van der Waals surface area contributed by atoms with Crippen LogP contribution in [0.4, 0.5) is 5.82 Å². The molecule has 0 amide bonds. The number of hydrogen-bond donors (Lipinski definition) is 0. The van der Waals surface area contributed by atoms with Crippen molar-refractivity contribution in [2.75, 3.05) is 18.0 Å². The lowest BCUT2D eigenvalue weighted by molar-refractivity contribution is 0.0297. The lowest BCUT2D eigenvalue weighted by Crippen LogP contribution is -2.40. The van der Waals surface area contributed by atoms with Crippen LogP contribution in [-0.2, 0) is 24.8 Å². The van der Waals surface area contributed by atoms with Crippen molar-refractivity contribution in [1.29, 1.82) is 0 Å². The Labute approximate surface area is 159 Å². The molecule has 1 aliphatic heterocycles. The molecule has 3 aromatic rings. The summed E-state index contributed by atoms with van der Waals surface area (Å²) in [6.45, 7) is 4.51. The number of rotatable bonds is 6. The Morgan fingerprint density at radius 2 is 2.19 bits per heavy atom. The molecule has 1 aliphatic rings. The Morgan fingerprint density at radius 1 is 1.26 bits per heavy atom. The molecule has 1 saturated heterocycles. The number of ether oxygens (including phenoxy) is 1. The molecule has 0 aliphatic carbocycles. The van der Waals surface area contributed by atoms with Gasteiger partial charge in [0.15, 0.2) is 5.65 Å². The highest BCUT2D eigenvalue weighted by Gasteiger charge is 2.24. The number of hydrogen-bond acceptors (Lipinski definition) is 6. The number of fused-ring (bicyclic) bond motifs is 1. The van der Waals surface area contributed by atoms with E-state index >= 15 is 0 Å². The smallest absolute Gasteiger partial charge is 0.163 e. The van der Waals surface area contributed by atoms with E-state index in [-0.39, 0.29) is 6.10 Å². The molecule has 142 valence electrons. The maximum atomic E-state index is 6.15. The average molecular weight is 366 g/mol. The number of aryl methyl sites for hydroxylation is 2.